The zero-order chi connectivity index (χ0) is 20.0. The molecule has 0 aromatic rings. The van der Waals surface area contributed by atoms with Crippen LogP contribution in [-0.4, -0.2) is 23.8 Å². The van der Waals surface area contributed by atoms with E-state index < -0.39 is 0 Å². The largest absolute Gasteiger partial charge is 0.460 e. The van der Waals surface area contributed by atoms with E-state index in [2.05, 4.69) is 6.92 Å². The highest BCUT2D eigenvalue weighted by atomic mass is 16.5. The molecule has 162 valence electrons. The summed E-state index contributed by atoms with van der Waals surface area (Å²) in [5.41, 5.74) is 0. The third-order valence-electron chi connectivity index (χ3n) is 5.44. The fourth-order valence-corrected chi connectivity index (χ4v) is 3.49. The Bertz CT molecular complexity index is 300. The summed E-state index contributed by atoms with van der Waals surface area (Å²) in [4.78, 5) is 11.6. The van der Waals surface area contributed by atoms with Gasteiger partial charge in [-0.25, -0.2) is 0 Å². The van der Waals surface area contributed by atoms with Crippen LogP contribution in [0.2, 0.25) is 0 Å². The summed E-state index contributed by atoms with van der Waals surface area (Å²) in [5.74, 6) is -0.156. The molecule has 0 aliphatic heterocycles. The van der Waals surface area contributed by atoms with E-state index in [0.29, 0.717) is 12.8 Å². The van der Waals surface area contributed by atoms with Gasteiger partial charge in [0, 0.05) is 6.42 Å². The van der Waals surface area contributed by atoms with Crippen LogP contribution >= 0.6 is 0 Å². The molecule has 0 fully saturated rings. The van der Waals surface area contributed by atoms with E-state index >= 15 is 0 Å². The maximum atomic E-state index is 11.6. The number of hydrogen-bond donors (Lipinski definition) is 1. The molecule has 1 atom stereocenters. The Morgan fingerprint density at radius 3 is 1.37 bits per heavy atom. The summed E-state index contributed by atoms with van der Waals surface area (Å²) in [5, 5.41) is 9.02. The van der Waals surface area contributed by atoms with Crippen molar-refractivity contribution in [3.8, 4) is 0 Å². The van der Waals surface area contributed by atoms with Crippen LogP contribution in [0.25, 0.3) is 0 Å². The number of carbonyl (C=O) groups excluding carboxylic acids is 1. The molecular weight excluding hydrogens is 336 g/mol. The minimum Gasteiger partial charge on any atom is -0.460 e. The van der Waals surface area contributed by atoms with Crippen molar-refractivity contribution in [3.63, 3.8) is 0 Å². The Kier molecular flexibility index (Phi) is 21.3. The fraction of sp³-hybridized carbons (Fsp3) is 0.958. The smallest absolute Gasteiger partial charge is 0.306 e. The van der Waals surface area contributed by atoms with Crippen LogP contribution in [0.1, 0.15) is 136 Å². The standard InChI is InChI=1S/C24H48O3/c1-3-5-6-7-8-9-10-11-12-13-14-15-16-17-18-19-20-21-24(26)27-23(4-2)22-25/h23,25H,3-22H2,1-2H3. The summed E-state index contributed by atoms with van der Waals surface area (Å²) in [7, 11) is 0. The van der Waals surface area contributed by atoms with Crippen LogP contribution in [0.3, 0.4) is 0 Å². The van der Waals surface area contributed by atoms with Gasteiger partial charge >= 0.3 is 5.97 Å². The molecule has 0 aromatic heterocycles. The second kappa shape index (κ2) is 21.7. The van der Waals surface area contributed by atoms with Crippen LogP contribution < -0.4 is 0 Å². The van der Waals surface area contributed by atoms with Gasteiger partial charge in [-0.3, -0.25) is 4.79 Å². The Morgan fingerprint density at radius 2 is 1.04 bits per heavy atom. The van der Waals surface area contributed by atoms with Gasteiger partial charge in [0.1, 0.15) is 6.10 Å². The molecule has 0 rings (SSSR count). The second-order valence-corrected chi connectivity index (χ2v) is 8.11. The third kappa shape index (κ3) is 20.0. The molecule has 0 aromatic carbocycles. The number of ether oxygens (including phenoxy) is 1. The molecule has 0 aliphatic carbocycles. The van der Waals surface area contributed by atoms with E-state index in [0.717, 1.165) is 12.8 Å². The molecule has 27 heavy (non-hydrogen) atoms. The monoisotopic (exact) mass is 384 g/mol. The van der Waals surface area contributed by atoms with Gasteiger partial charge in [-0.1, -0.05) is 117 Å². The van der Waals surface area contributed by atoms with Gasteiger partial charge in [-0.2, -0.15) is 0 Å². The predicted molar refractivity (Wildman–Crippen MR) is 116 cm³/mol. The molecule has 0 spiro atoms. The number of esters is 1. The Labute approximate surface area is 169 Å². The molecule has 0 bridgehead atoms. The first kappa shape index (κ1) is 26.4. The van der Waals surface area contributed by atoms with Crippen molar-refractivity contribution in [2.24, 2.45) is 0 Å². The quantitative estimate of drug-likeness (QED) is 0.166. The Morgan fingerprint density at radius 1 is 0.667 bits per heavy atom. The highest BCUT2D eigenvalue weighted by Crippen LogP contribution is 2.14. The minimum atomic E-state index is -0.316. The van der Waals surface area contributed by atoms with Crippen molar-refractivity contribution >= 4 is 5.97 Å². The molecule has 3 heteroatoms. The Hall–Kier alpha value is -0.570. The predicted octanol–water partition coefficient (Wildman–Crippen LogP) is 7.34. The average Bonchev–Trinajstić information content (AvgIpc) is 2.68. The summed E-state index contributed by atoms with van der Waals surface area (Å²) >= 11 is 0. The van der Waals surface area contributed by atoms with Crippen LogP contribution in [-0.2, 0) is 9.53 Å². The van der Waals surface area contributed by atoms with Gasteiger partial charge in [0.2, 0.25) is 0 Å². The van der Waals surface area contributed by atoms with Crippen molar-refractivity contribution < 1.29 is 14.6 Å². The lowest BCUT2D eigenvalue weighted by Gasteiger charge is -2.12. The summed E-state index contributed by atoms with van der Waals surface area (Å²) in [6.45, 7) is 4.13. The van der Waals surface area contributed by atoms with Gasteiger partial charge < -0.3 is 9.84 Å². The topological polar surface area (TPSA) is 46.5 Å². The third-order valence-corrected chi connectivity index (χ3v) is 5.44. The highest BCUT2D eigenvalue weighted by Gasteiger charge is 2.10. The number of hydrogen-bond acceptors (Lipinski definition) is 3. The lowest BCUT2D eigenvalue weighted by atomic mass is 10.0. The molecule has 3 nitrogen and oxygen atoms in total. The highest BCUT2D eigenvalue weighted by molar-refractivity contribution is 5.69. The molecule has 0 amide bonds. The molecule has 0 saturated heterocycles. The van der Waals surface area contributed by atoms with Crippen LogP contribution in [0.15, 0.2) is 0 Å². The fourth-order valence-electron chi connectivity index (χ4n) is 3.49. The molecule has 1 N–H and O–H groups in total. The Balaban J connectivity index is 3.16. The van der Waals surface area contributed by atoms with Crippen LogP contribution in [0.5, 0.6) is 0 Å². The summed E-state index contributed by atoms with van der Waals surface area (Å²) < 4.78 is 5.19. The van der Waals surface area contributed by atoms with E-state index in [-0.39, 0.29) is 18.7 Å². The lowest BCUT2D eigenvalue weighted by molar-refractivity contribution is -0.151. The van der Waals surface area contributed by atoms with Gasteiger partial charge in [0.05, 0.1) is 6.61 Å². The van der Waals surface area contributed by atoms with Gasteiger partial charge in [-0.15, -0.1) is 0 Å². The van der Waals surface area contributed by atoms with Crippen molar-refractivity contribution in [3.05, 3.63) is 0 Å². The molecule has 0 aliphatic rings. The molecular formula is C24H48O3. The van der Waals surface area contributed by atoms with Crippen LogP contribution in [0.4, 0.5) is 0 Å². The number of aliphatic hydroxyl groups excluding tert-OH is 1. The summed E-state index contributed by atoms with van der Waals surface area (Å²) in [6.07, 6.45) is 23.7. The van der Waals surface area contributed by atoms with E-state index in [9.17, 15) is 4.79 Å². The minimum absolute atomic E-state index is 0.0682. The second-order valence-electron chi connectivity index (χ2n) is 8.11. The number of aliphatic hydroxyl groups is 1. The van der Waals surface area contributed by atoms with Crippen molar-refractivity contribution in [1.29, 1.82) is 0 Å². The lowest BCUT2D eigenvalue weighted by Crippen LogP contribution is -2.20. The van der Waals surface area contributed by atoms with Crippen molar-refractivity contribution in [2.45, 2.75) is 142 Å². The zero-order valence-electron chi connectivity index (χ0n) is 18.5. The van der Waals surface area contributed by atoms with E-state index in [4.69, 9.17) is 9.84 Å². The number of carbonyl (C=O) groups is 1. The number of unbranched alkanes of at least 4 members (excludes halogenated alkanes) is 16. The molecule has 0 saturated carbocycles. The maximum absolute atomic E-state index is 11.6. The molecule has 0 radical (unpaired) electrons. The first-order valence-electron chi connectivity index (χ1n) is 12.0. The van der Waals surface area contributed by atoms with E-state index in [1.54, 1.807) is 0 Å². The first-order valence-corrected chi connectivity index (χ1v) is 12.0. The first-order chi connectivity index (χ1) is 13.2. The van der Waals surface area contributed by atoms with Crippen molar-refractivity contribution in [2.75, 3.05) is 6.61 Å². The van der Waals surface area contributed by atoms with Gasteiger partial charge in [0.15, 0.2) is 0 Å². The van der Waals surface area contributed by atoms with Crippen molar-refractivity contribution in [1.82, 2.24) is 0 Å². The van der Waals surface area contributed by atoms with Gasteiger partial charge in [-0.05, 0) is 12.8 Å². The van der Waals surface area contributed by atoms with Gasteiger partial charge in [0.25, 0.3) is 0 Å². The normalized spacial score (nSPS) is 12.3. The zero-order valence-corrected chi connectivity index (χ0v) is 18.5. The molecule has 0 heterocycles. The van der Waals surface area contributed by atoms with E-state index in [1.165, 1.54) is 96.3 Å². The SMILES string of the molecule is CCCCCCCCCCCCCCCCCCCC(=O)OC(CC)CO. The van der Waals surface area contributed by atoms with E-state index in [1.807, 2.05) is 6.92 Å². The molecule has 1 unspecified atom stereocenters. The average molecular weight is 385 g/mol. The van der Waals surface area contributed by atoms with Crippen LogP contribution in [0, 0.1) is 0 Å². The summed E-state index contributed by atoms with van der Waals surface area (Å²) in [6, 6.07) is 0. The number of rotatable bonds is 21. The maximum Gasteiger partial charge on any atom is 0.306 e.